The van der Waals surface area contributed by atoms with E-state index in [4.69, 9.17) is 15.3 Å². The van der Waals surface area contributed by atoms with Crippen LogP contribution in [0.1, 0.15) is 30.0 Å². The van der Waals surface area contributed by atoms with Crippen molar-refractivity contribution in [2.24, 2.45) is 11.1 Å². The van der Waals surface area contributed by atoms with Crippen molar-refractivity contribution in [3.8, 4) is 0 Å². The molecule has 0 unspecified atom stereocenters. The van der Waals surface area contributed by atoms with Crippen molar-refractivity contribution < 1.29 is 19.1 Å². The second-order valence-electron chi connectivity index (χ2n) is 4.43. The van der Waals surface area contributed by atoms with E-state index >= 15 is 0 Å². The van der Waals surface area contributed by atoms with Gasteiger partial charge in [-0.2, -0.15) is 0 Å². The summed E-state index contributed by atoms with van der Waals surface area (Å²) in [5.74, 6) is -1.61. The molecular formula is C11H16N2O4. The minimum absolute atomic E-state index is 0.0885. The van der Waals surface area contributed by atoms with E-state index in [2.05, 4.69) is 5.32 Å². The zero-order valence-electron chi connectivity index (χ0n) is 9.82. The lowest BCUT2D eigenvalue weighted by atomic mass is 9.93. The molecule has 1 aromatic heterocycles. The minimum atomic E-state index is -1.11. The highest BCUT2D eigenvalue weighted by molar-refractivity contribution is 5.86. The number of rotatable bonds is 6. The Morgan fingerprint density at radius 2 is 2.18 bits per heavy atom. The molecule has 6 heteroatoms. The summed E-state index contributed by atoms with van der Waals surface area (Å²) < 4.78 is 4.83. The zero-order valence-corrected chi connectivity index (χ0v) is 9.82. The van der Waals surface area contributed by atoms with E-state index in [-0.39, 0.29) is 5.76 Å². The van der Waals surface area contributed by atoms with Crippen molar-refractivity contribution in [2.75, 3.05) is 6.54 Å². The molecule has 0 saturated heterocycles. The molecule has 94 valence electrons. The number of hydrogen-bond acceptors (Lipinski definition) is 4. The molecule has 0 aliphatic rings. The predicted octanol–water partition coefficient (Wildman–Crippen LogP) is 0.579. The first-order chi connectivity index (χ1) is 7.84. The first-order valence-electron chi connectivity index (χ1n) is 5.15. The van der Waals surface area contributed by atoms with Crippen molar-refractivity contribution in [2.45, 2.75) is 20.4 Å². The number of carboxylic acids is 1. The van der Waals surface area contributed by atoms with Crippen molar-refractivity contribution in [1.82, 2.24) is 5.32 Å². The Bertz CT molecular complexity index is 423. The van der Waals surface area contributed by atoms with Crippen LogP contribution < -0.4 is 11.1 Å². The molecule has 17 heavy (non-hydrogen) atoms. The van der Waals surface area contributed by atoms with Gasteiger partial charge in [0.25, 0.3) is 0 Å². The molecular weight excluding hydrogens is 224 g/mol. The third kappa shape index (κ3) is 3.32. The summed E-state index contributed by atoms with van der Waals surface area (Å²) in [6, 6.07) is 1.58. The highest BCUT2D eigenvalue weighted by atomic mass is 16.4. The highest BCUT2D eigenvalue weighted by Crippen LogP contribution is 2.14. The molecule has 0 aliphatic carbocycles. The SMILES string of the molecule is CC(C)(CNCc1ccoc1C(=O)O)C(N)=O. The maximum atomic E-state index is 11.1. The Balaban J connectivity index is 2.54. The molecule has 0 aliphatic heterocycles. The molecule has 0 atom stereocenters. The molecule has 0 radical (unpaired) electrons. The van der Waals surface area contributed by atoms with Gasteiger partial charge in [0, 0.05) is 18.7 Å². The molecule has 0 aromatic carbocycles. The summed E-state index contributed by atoms with van der Waals surface area (Å²) in [6.45, 7) is 4.12. The van der Waals surface area contributed by atoms with Crippen LogP contribution >= 0.6 is 0 Å². The fourth-order valence-electron chi connectivity index (χ4n) is 1.26. The molecule has 6 nitrogen and oxygen atoms in total. The zero-order chi connectivity index (χ0) is 13.1. The summed E-state index contributed by atoms with van der Waals surface area (Å²) >= 11 is 0. The molecule has 0 saturated carbocycles. The summed E-state index contributed by atoms with van der Waals surface area (Å²) in [7, 11) is 0. The lowest BCUT2D eigenvalue weighted by molar-refractivity contribution is -0.125. The predicted molar refractivity (Wildman–Crippen MR) is 60.3 cm³/mol. The Morgan fingerprint density at radius 3 is 2.71 bits per heavy atom. The van der Waals surface area contributed by atoms with Gasteiger partial charge in [-0.1, -0.05) is 0 Å². The Labute approximate surface area is 98.8 Å². The number of nitrogens with two attached hydrogens (primary N) is 1. The van der Waals surface area contributed by atoms with Crippen LogP contribution in [-0.4, -0.2) is 23.5 Å². The number of carbonyl (C=O) groups excluding carboxylic acids is 1. The van der Waals surface area contributed by atoms with Crippen LogP contribution in [0.4, 0.5) is 0 Å². The number of primary amides is 1. The lowest BCUT2D eigenvalue weighted by Gasteiger charge is -2.20. The van der Waals surface area contributed by atoms with Crippen LogP contribution in [-0.2, 0) is 11.3 Å². The van der Waals surface area contributed by atoms with Gasteiger partial charge in [-0.05, 0) is 19.9 Å². The molecule has 0 fully saturated rings. The van der Waals surface area contributed by atoms with E-state index in [0.29, 0.717) is 18.7 Å². The summed E-state index contributed by atoms with van der Waals surface area (Å²) in [5, 5.41) is 11.8. The van der Waals surface area contributed by atoms with Crippen molar-refractivity contribution in [3.05, 3.63) is 23.7 Å². The number of carbonyl (C=O) groups is 2. The van der Waals surface area contributed by atoms with E-state index < -0.39 is 17.3 Å². The third-order valence-electron chi connectivity index (χ3n) is 2.49. The number of amides is 1. The summed E-state index contributed by atoms with van der Waals surface area (Å²) in [4.78, 5) is 21.8. The average Bonchev–Trinajstić information content (AvgIpc) is 2.65. The molecule has 1 rings (SSSR count). The van der Waals surface area contributed by atoms with Crippen molar-refractivity contribution in [3.63, 3.8) is 0 Å². The quantitative estimate of drug-likeness (QED) is 0.674. The first kappa shape index (κ1) is 13.2. The van der Waals surface area contributed by atoms with E-state index in [0.717, 1.165) is 0 Å². The van der Waals surface area contributed by atoms with Crippen LogP contribution in [0.2, 0.25) is 0 Å². The largest absolute Gasteiger partial charge is 0.475 e. The van der Waals surface area contributed by atoms with E-state index in [1.807, 2.05) is 0 Å². The third-order valence-corrected chi connectivity index (χ3v) is 2.49. The van der Waals surface area contributed by atoms with E-state index in [1.165, 1.54) is 6.26 Å². The maximum Gasteiger partial charge on any atom is 0.372 e. The van der Waals surface area contributed by atoms with Gasteiger partial charge in [-0.3, -0.25) is 4.79 Å². The van der Waals surface area contributed by atoms with E-state index in [9.17, 15) is 9.59 Å². The van der Waals surface area contributed by atoms with Gasteiger partial charge in [0.1, 0.15) is 0 Å². The van der Waals surface area contributed by atoms with Crippen molar-refractivity contribution >= 4 is 11.9 Å². The molecule has 1 amide bonds. The number of carboxylic acid groups (broad SMARTS) is 1. The normalized spacial score (nSPS) is 11.4. The van der Waals surface area contributed by atoms with Gasteiger partial charge in [-0.15, -0.1) is 0 Å². The number of nitrogens with one attached hydrogen (secondary N) is 1. The fraction of sp³-hybridized carbons (Fsp3) is 0.455. The highest BCUT2D eigenvalue weighted by Gasteiger charge is 2.24. The molecule has 0 spiro atoms. The smallest absolute Gasteiger partial charge is 0.372 e. The van der Waals surface area contributed by atoms with Gasteiger partial charge in [0.2, 0.25) is 11.7 Å². The average molecular weight is 240 g/mol. The van der Waals surface area contributed by atoms with Crippen LogP contribution in [0.15, 0.2) is 16.7 Å². The first-order valence-corrected chi connectivity index (χ1v) is 5.15. The standard InChI is InChI=1S/C11H16N2O4/c1-11(2,10(12)16)6-13-5-7-3-4-17-8(7)9(14)15/h3-4,13H,5-6H2,1-2H3,(H2,12,16)(H,14,15). The maximum absolute atomic E-state index is 11.1. The molecule has 1 heterocycles. The topological polar surface area (TPSA) is 106 Å². The molecule has 4 N–H and O–H groups in total. The van der Waals surface area contributed by atoms with Crippen molar-refractivity contribution in [1.29, 1.82) is 0 Å². The van der Waals surface area contributed by atoms with Crippen LogP contribution in [0, 0.1) is 5.41 Å². The Morgan fingerprint density at radius 1 is 1.53 bits per heavy atom. The summed E-state index contributed by atoms with van der Waals surface area (Å²) in [6.07, 6.45) is 1.32. The van der Waals surface area contributed by atoms with Gasteiger partial charge in [0.15, 0.2) is 0 Å². The number of aromatic carboxylic acids is 1. The number of furan rings is 1. The van der Waals surface area contributed by atoms with Crippen LogP contribution in [0.25, 0.3) is 0 Å². The summed E-state index contributed by atoms with van der Waals surface area (Å²) in [5.41, 5.74) is 5.08. The Hall–Kier alpha value is -1.82. The van der Waals surface area contributed by atoms with Gasteiger partial charge < -0.3 is 20.6 Å². The van der Waals surface area contributed by atoms with Gasteiger partial charge in [0.05, 0.1) is 11.7 Å². The molecule has 0 bridgehead atoms. The molecule has 1 aromatic rings. The monoisotopic (exact) mass is 240 g/mol. The lowest BCUT2D eigenvalue weighted by Crippen LogP contribution is -2.40. The van der Waals surface area contributed by atoms with E-state index in [1.54, 1.807) is 19.9 Å². The fourth-order valence-corrected chi connectivity index (χ4v) is 1.26. The second kappa shape index (κ2) is 5.01. The van der Waals surface area contributed by atoms with Crippen LogP contribution in [0.3, 0.4) is 0 Å². The van der Waals surface area contributed by atoms with Crippen LogP contribution in [0.5, 0.6) is 0 Å². The minimum Gasteiger partial charge on any atom is -0.475 e. The van der Waals surface area contributed by atoms with Gasteiger partial charge >= 0.3 is 5.97 Å². The second-order valence-corrected chi connectivity index (χ2v) is 4.43. The van der Waals surface area contributed by atoms with Gasteiger partial charge in [-0.25, -0.2) is 4.79 Å². The Kier molecular flexibility index (Phi) is 3.90. The number of hydrogen-bond donors (Lipinski definition) is 3.